The second kappa shape index (κ2) is 15.1. The summed E-state index contributed by atoms with van der Waals surface area (Å²) in [6.07, 6.45) is 9.50. The number of carbonyl (C=O) groups excluding carboxylic acids is 2. The Kier molecular flexibility index (Phi) is 9.74. The molecular formula is C50H63N9O4. The van der Waals surface area contributed by atoms with E-state index in [0.717, 1.165) is 107 Å². The maximum atomic E-state index is 13.5. The van der Waals surface area contributed by atoms with Crippen LogP contribution in [-0.2, 0) is 22.5 Å². The van der Waals surface area contributed by atoms with Gasteiger partial charge in [0.15, 0.2) is 0 Å². The lowest BCUT2D eigenvalue weighted by Gasteiger charge is -2.53. The van der Waals surface area contributed by atoms with Gasteiger partial charge in [0.05, 0.1) is 36.0 Å². The average molecular weight is 854 g/mol. The van der Waals surface area contributed by atoms with E-state index in [2.05, 4.69) is 114 Å². The highest BCUT2D eigenvalue weighted by molar-refractivity contribution is 6.03. The summed E-state index contributed by atoms with van der Waals surface area (Å²) in [4.78, 5) is 52.1. The summed E-state index contributed by atoms with van der Waals surface area (Å²) in [7, 11) is 0. The van der Waals surface area contributed by atoms with Crippen LogP contribution in [0.3, 0.4) is 0 Å². The van der Waals surface area contributed by atoms with Gasteiger partial charge in [0.25, 0.3) is 5.91 Å². The van der Waals surface area contributed by atoms with E-state index in [4.69, 9.17) is 19.4 Å². The summed E-state index contributed by atoms with van der Waals surface area (Å²) >= 11 is 0. The van der Waals surface area contributed by atoms with E-state index in [0.29, 0.717) is 49.2 Å². The number of anilines is 2. The molecule has 1 spiro atoms. The molecule has 63 heavy (non-hydrogen) atoms. The highest BCUT2D eigenvalue weighted by Gasteiger charge is 2.49. The Balaban J connectivity index is 0.716. The standard InChI is InChI=1S/C50H63N9O4/c1-31-11-13-41(45(60)53-31)57-26-38-36(46(57)61)12-14-40-44(38)62-30-49(6)29-55(19-20-59(40)49)25-33-22-50(63-27-33)15-17-56(18-16-50)47-51-23-34(24-52-47)43-42-37(35-9-7-8-10-39(35)54-42)21-32(2)58(43)28-48(3,4)5/h7-10,12,14,23-24,32-33,41,43,54H,1,11,13,15-22,25-30H2,2-6H3,(H,53,60)/t32-,33?,41?,43?,49-/m1/s1. The predicted molar refractivity (Wildman–Crippen MR) is 244 cm³/mol. The molecule has 332 valence electrons. The molecule has 7 aliphatic rings. The molecule has 7 aliphatic heterocycles. The van der Waals surface area contributed by atoms with Crippen molar-refractivity contribution in [2.45, 2.75) is 109 Å². The number of hydrogen-bond donors (Lipinski definition) is 2. The first-order valence-corrected chi connectivity index (χ1v) is 23.4. The van der Waals surface area contributed by atoms with Crippen LogP contribution in [0.5, 0.6) is 5.75 Å². The van der Waals surface area contributed by atoms with Crippen molar-refractivity contribution in [1.82, 2.24) is 35.0 Å². The zero-order valence-electron chi connectivity index (χ0n) is 37.7. The molecule has 0 bridgehead atoms. The van der Waals surface area contributed by atoms with Crippen LogP contribution < -0.4 is 19.9 Å². The van der Waals surface area contributed by atoms with Crippen molar-refractivity contribution in [3.8, 4) is 5.75 Å². The van der Waals surface area contributed by atoms with E-state index < -0.39 is 6.04 Å². The van der Waals surface area contributed by atoms with E-state index in [1.807, 2.05) is 6.07 Å². The van der Waals surface area contributed by atoms with Gasteiger partial charge in [-0.15, -0.1) is 0 Å². The van der Waals surface area contributed by atoms with Gasteiger partial charge in [-0.1, -0.05) is 45.5 Å². The molecule has 2 amide bonds. The molecule has 4 fully saturated rings. The zero-order chi connectivity index (χ0) is 43.4. The Morgan fingerprint density at radius 3 is 2.57 bits per heavy atom. The van der Waals surface area contributed by atoms with Crippen molar-refractivity contribution in [2.24, 2.45) is 11.3 Å². The molecule has 2 aromatic heterocycles. The Bertz CT molecular complexity index is 2470. The number of nitrogens with one attached hydrogen (secondary N) is 2. The summed E-state index contributed by atoms with van der Waals surface area (Å²) in [5.74, 6) is 1.86. The van der Waals surface area contributed by atoms with Gasteiger partial charge < -0.3 is 34.5 Å². The number of aromatic amines is 1. The summed E-state index contributed by atoms with van der Waals surface area (Å²) in [5.41, 5.74) is 8.25. The van der Waals surface area contributed by atoms with Gasteiger partial charge in [-0.05, 0) is 87.5 Å². The van der Waals surface area contributed by atoms with Crippen LogP contribution in [0.2, 0.25) is 0 Å². The summed E-state index contributed by atoms with van der Waals surface area (Å²) < 4.78 is 13.3. The average Bonchev–Trinajstić information content (AvgIpc) is 3.93. The number of carbonyl (C=O) groups is 2. The maximum absolute atomic E-state index is 13.5. The summed E-state index contributed by atoms with van der Waals surface area (Å²) in [5, 5.41) is 4.18. The number of amides is 2. The molecule has 0 saturated carbocycles. The lowest BCUT2D eigenvalue weighted by molar-refractivity contribution is -0.126. The number of allylic oxidation sites excluding steroid dienone is 1. The lowest BCUT2D eigenvalue weighted by Crippen LogP contribution is -2.65. The molecule has 13 nitrogen and oxygen atoms in total. The van der Waals surface area contributed by atoms with E-state index in [1.165, 1.54) is 22.2 Å². The number of nitrogens with zero attached hydrogens (tertiary/aromatic N) is 7. The van der Waals surface area contributed by atoms with Crippen molar-refractivity contribution in [3.63, 3.8) is 0 Å². The van der Waals surface area contributed by atoms with Gasteiger partial charge in [0, 0.05) is 103 Å². The fourth-order valence-electron chi connectivity index (χ4n) is 12.3. The number of H-pyrrole nitrogens is 1. The van der Waals surface area contributed by atoms with Gasteiger partial charge in [0.2, 0.25) is 11.9 Å². The minimum atomic E-state index is -0.488. The first kappa shape index (κ1) is 40.8. The van der Waals surface area contributed by atoms with Crippen molar-refractivity contribution in [3.05, 3.63) is 89.0 Å². The minimum Gasteiger partial charge on any atom is -0.489 e. The highest BCUT2D eigenvalue weighted by Crippen LogP contribution is 2.47. The molecule has 4 saturated heterocycles. The van der Waals surface area contributed by atoms with E-state index in [1.54, 1.807) is 4.90 Å². The van der Waals surface area contributed by atoms with Gasteiger partial charge >= 0.3 is 0 Å². The van der Waals surface area contributed by atoms with E-state index in [9.17, 15) is 9.59 Å². The molecule has 9 heterocycles. The third-order valence-corrected chi connectivity index (χ3v) is 15.3. The topological polar surface area (TPSA) is 122 Å². The number of piperidine rings is 2. The van der Waals surface area contributed by atoms with Crippen LogP contribution >= 0.6 is 0 Å². The number of piperazine rings is 1. The van der Waals surface area contributed by atoms with Crippen molar-refractivity contribution in [1.29, 1.82) is 0 Å². The van der Waals surface area contributed by atoms with Crippen LogP contribution in [0.15, 0.2) is 61.1 Å². The molecule has 4 aromatic rings. The van der Waals surface area contributed by atoms with Gasteiger partial charge in [-0.3, -0.25) is 19.4 Å². The first-order chi connectivity index (χ1) is 30.2. The fourth-order valence-corrected chi connectivity index (χ4v) is 12.3. The predicted octanol–water partition coefficient (Wildman–Crippen LogP) is 6.44. The van der Waals surface area contributed by atoms with E-state index in [-0.39, 0.29) is 34.4 Å². The Morgan fingerprint density at radius 2 is 1.79 bits per heavy atom. The second-order valence-corrected chi connectivity index (χ2v) is 21.3. The molecule has 0 radical (unpaired) electrons. The molecule has 2 aromatic carbocycles. The Labute approximate surface area is 371 Å². The number of aromatic nitrogens is 3. The Morgan fingerprint density at radius 1 is 1.00 bits per heavy atom. The number of para-hydroxylation sites is 1. The van der Waals surface area contributed by atoms with Gasteiger partial charge in [-0.25, -0.2) is 9.97 Å². The van der Waals surface area contributed by atoms with Crippen LogP contribution in [0.25, 0.3) is 10.9 Å². The van der Waals surface area contributed by atoms with Crippen LogP contribution in [-0.4, -0.2) is 124 Å². The quantitative estimate of drug-likeness (QED) is 0.224. The van der Waals surface area contributed by atoms with Crippen LogP contribution in [0.4, 0.5) is 11.6 Å². The Hall–Kier alpha value is -4.98. The molecular weight excluding hydrogens is 791 g/mol. The SMILES string of the molecule is C=C1CCC(N2Cc3c(ccc4c3OC[C@@]3(C)CN(CC5COC6(CCN(c7ncc(C8c9[nH]c%10ccccc%10c9C[C@@H](C)N8CC(C)(C)C)cn7)CC6)C5)CCN43)C2=O)C(=O)N1. The normalized spacial score (nSPS) is 28.5. The molecule has 0 aliphatic carbocycles. The molecule has 2 N–H and O–H groups in total. The van der Waals surface area contributed by atoms with Crippen molar-refractivity contribution in [2.75, 3.05) is 68.8 Å². The summed E-state index contributed by atoms with van der Waals surface area (Å²) in [6, 6.07) is 12.7. The zero-order valence-corrected chi connectivity index (χ0v) is 37.7. The van der Waals surface area contributed by atoms with Crippen LogP contribution in [0, 0.1) is 11.3 Å². The molecule has 13 heteroatoms. The largest absolute Gasteiger partial charge is 0.489 e. The highest BCUT2D eigenvalue weighted by atomic mass is 16.5. The van der Waals surface area contributed by atoms with E-state index >= 15 is 0 Å². The third kappa shape index (κ3) is 7.09. The number of fused-ring (bicyclic) bond motifs is 8. The molecule has 3 unspecified atom stereocenters. The van der Waals surface area contributed by atoms with Crippen LogP contribution in [0.1, 0.15) is 106 Å². The van der Waals surface area contributed by atoms with Crippen molar-refractivity contribution >= 4 is 34.4 Å². The molecule has 11 rings (SSSR count). The smallest absolute Gasteiger partial charge is 0.255 e. The van der Waals surface area contributed by atoms with Gasteiger partial charge in [-0.2, -0.15) is 0 Å². The van der Waals surface area contributed by atoms with Crippen molar-refractivity contribution < 1.29 is 19.1 Å². The van der Waals surface area contributed by atoms with Gasteiger partial charge in [0.1, 0.15) is 18.4 Å². The number of ether oxygens (including phenoxy) is 2. The number of benzene rings is 2. The molecule has 5 atom stereocenters. The summed E-state index contributed by atoms with van der Waals surface area (Å²) in [6.45, 7) is 23.8. The first-order valence-electron chi connectivity index (χ1n) is 23.4. The number of rotatable bonds is 6. The maximum Gasteiger partial charge on any atom is 0.255 e. The third-order valence-electron chi connectivity index (χ3n) is 15.3. The fraction of sp³-hybridized carbons (Fsp3) is 0.560. The monoisotopic (exact) mass is 854 g/mol. The minimum absolute atomic E-state index is 0.0730. The second-order valence-electron chi connectivity index (χ2n) is 21.3. The lowest BCUT2D eigenvalue weighted by atomic mass is 9.85. The number of hydrogen-bond acceptors (Lipinski definition) is 10.